The van der Waals surface area contributed by atoms with Gasteiger partial charge in [0.15, 0.2) is 5.78 Å². The maximum atomic E-state index is 12.4. The highest BCUT2D eigenvalue weighted by molar-refractivity contribution is 6.12. The fourth-order valence-corrected chi connectivity index (χ4v) is 3.60. The molecule has 0 atom stereocenters. The smallest absolute Gasteiger partial charge is 0.200 e. The topological polar surface area (TPSA) is 123 Å². The van der Waals surface area contributed by atoms with Crippen LogP contribution >= 0.6 is 0 Å². The number of aromatic hydroxyl groups is 3. The second-order valence-corrected chi connectivity index (χ2v) is 8.07. The summed E-state index contributed by atoms with van der Waals surface area (Å²) in [5, 5.41) is 28.8. The number of hydrogen-bond donors (Lipinski definition) is 3. The molecule has 0 aliphatic heterocycles. The number of methoxy groups -OCH3 is 3. The van der Waals surface area contributed by atoms with E-state index >= 15 is 0 Å². The van der Waals surface area contributed by atoms with E-state index in [0.29, 0.717) is 11.3 Å². The highest BCUT2D eigenvalue weighted by Crippen LogP contribution is 2.34. The van der Waals surface area contributed by atoms with Gasteiger partial charge in [-0.1, -0.05) is 42.5 Å². The van der Waals surface area contributed by atoms with Gasteiger partial charge in [0.1, 0.15) is 40.1 Å². The zero-order valence-electron chi connectivity index (χ0n) is 21.2. The number of benzene rings is 4. The van der Waals surface area contributed by atoms with Crippen LogP contribution in [0, 0.1) is 0 Å². The fraction of sp³-hybridized carbons (Fsp3) is 0.133. The maximum absolute atomic E-state index is 12.4. The van der Waals surface area contributed by atoms with E-state index < -0.39 is 0 Å². The number of phenols is 3. The van der Waals surface area contributed by atoms with Crippen molar-refractivity contribution in [1.29, 1.82) is 0 Å². The van der Waals surface area contributed by atoms with Crippen LogP contribution in [0.25, 0.3) is 0 Å². The SMILES string of the molecule is COc1cc(O)c(C(=O)c2ccccc2)c(OC)c1.COc1ccc(CC(=O)c2ccc(O)cc2O)cc1. The molecular formula is C30H28O8. The van der Waals surface area contributed by atoms with Crippen molar-refractivity contribution in [2.24, 2.45) is 0 Å². The first-order valence-corrected chi connectivity index (χ1v) is 11.5. The molecule has 0 fully saturated rings. The first kappa shape index (κ1) is 27.6. The van der Waals surface area contributed by atoms with Crippen LogP contribution in [0.4, 0.5) is 0 Å². The Morgan fingerprint density at radius 1 is 0.684 bits per heavy atom. The predicted molar refractivity (Wildman–Crippen MR) is 142 cm³/mol. The van der Waals surface area contributed by atoms with Gasteiger partial charge in [-0.15, -0.1) is 0 Å². The molecule has 0 amide bonds. The standard InChI is InChI=1S/2C15H14O4/c1-19-12-5-2-10(3-6-12)8-14(17)13-7-4-11(16)9-15(13)18;1-18-11-8-12(16)14(13(9-11)19-2)15(17)10-6-4-3-5-7-10/h2-7,9,16,18H,8H2,1H3;3-9,16H,1-2H3. The Morgan fingerprint density at radius 2 is 1.34 bits per heavy atom. The quantitative estimate of drug-likeness (QED) is 0.274. The number of carbonyl (C=O) groups excluding carboxylic acids is 2. The summed E-state index contributed by atoms with van der Waals surface area (Å²) in [6.45, 7) is 0. The lowest BCUT2D eigenvalue weighted by Crippen LogP contribution is -2.04. The van der Waals surface area contributed by atoms with Gasteiger partial charge in [-0.05, 0) is 29.8 Å². The minimum Gasteiger partial charge on any atom is -0.508 e. The summed E-state index contributed by atoms with van der Waals surface area (Å²) in [5.74, 6) is 0.496. The molecular weight excluding hydrogens is 488 g/mol. The number of hydrogen-bond acceptors (Lipinski definition) is 8. The summed E-state index contributed by atoms with van der Waals surface area (Å²) in [5.41, 5.74) is 1.66. The number of rotatable bonds is 8. The molecule has 0 heterocycles. The lowest BCUT2D eigenvalue weighted by atomic mass is 10.0. The number of carbonyl (C=O) groups is 2. The van der Waals surface area contributed by atoms with E-state index in [9.17, 15) is 24.9 Å². The molecule has 0 aromatic heterocycles. The normalized spacial score (nSPS) is 10.1. The minimum atomic E-state index is -0.294. The van der Waals surface area contributed by atoms with E-state index in [1.54, 1.807) is 61.7 Å². The number of phenolic OH excluding ortho intramolecular Hbond substituents is 3. The maximum Gasteiger partial charge on any atom is 0.200 e. The van der Waals surface area contributed by atoms with E-state index in [1.807, 2.05) is 6.07 Å². The number of ether oxygens (including phenoxy) is 3. The molecule has 38 heavy (non-hydrogen) atoms. The van der Waals surface area contributed by atoms with E-state index in [0.717, 1.165) is 17.4 Å². The van der Waals surface area contributed by atoms with Crippen molar-refractivity contribution in [2.75, 3.05) is 21.3 Å². The van der Waals surface area contributed by atoms with E-state index in [2.05, 4.69) is 0 Å². The average Bonchev–Trinajstić information content (AvgIpc) is 2.93. The zero-order valence-corrected chi connectivity index (χ0v) is 21.2. The van der Waals surface area contributed by atoms with Crippen molar-refractivity contribution in [3.63, 3.8) is 0 Å². The van der Waals surface area contributed by atoms with Crippen molar-refractivity contribution < 1.29 is 39.1 Å². The average molecular weight is 517 g/mol. The molecule has 0 unspecified atom stereocenters. The Hall–Kier alpha value is -4.98. The highest BCUT2D eigenvalue weighted by atomic mass is 16.5. The van der Waals surface area contributed by atoms with Crippen LogP contribution in [0.3, 0.4) is 0 Å². The van der Waals surface area contributed by atoms with Gasteiger partial charge >= 0.3 is 0 Å². The monoisotopic (exact) mass is 516 g/mol. The van der Waals surface area contributed by atoms with Gasteiger partial charge in [0.05, 0.1) is 26.9 Å². The van der Waals surface area contributed by atoms with Gasteiger partial charge in [-0.2, -0.15) is 0 Å². The molecule has 8 nitrogen and oxygen atoms in total. The molecule has 4 rings (SSSR count). The Balaban J connectivity index is 0.000000211. The molecule has 0 radical (unpaired) electrons. The van der Waals surface area contributed by atoms with Gasteiger partial charge in [-0.3, -0.25) is 9.59 Å². The molecule has 4 aromatic rings. The van der Waals surface area contributed by atoms with Crippen LogP contribution < -0.4 is 14.2 Å². The van der Waals surface area contributed by atoms with Crippen LogP contribution in [0.2, 0.25) is 0 Å². The number of Topliss-reactive ketones (excluding diaryl/α,β-unsaturated/α-hetero) is 1. The fourth-order valence-electron chi connectivity index (χ4n) is 3.60. The molecule has 0 bridgehead atoms. The molecule has 196 valence electrons. The van der Waals surface area contributed by atoms with E-state index in [4.69, 9.17) is 14.2 Å². The third kappa shape index (κ3) is 6.82. The van der Waals surface area contributed by atoms with Gasteiger partial charge < -0.3 is 29.5 Å². The molecule has 8 heteroatoms. The summed E-state index contributed by atoms with van der Waals surface area (Å²) in [7, 11) is 4.50. The summed E-state index contributed by atoms with van der Waals surface area (Å²) in [4.78, 5) is 24.4. The molecule has 0 saturated carbocycles. The third-order valence-corrected chi connectivity index (χ3v) is 5.58. The minimum absolute atomic E-state index is 0.0708. The Labute approximate surface area is 220 Å². The lowest BCUT2D eigenvalue weighted by Gasteiger charge is -2.11. The Morgan fingerprint density at radius 3 is 1.92 bits per heavy atom. The van der Waals surface area contributed by atoms with Crippen LogP contribution in [-0.2, 0) is 6.42 Å². The van der Waals surface area contributed by atoms with E-state index in [1.165, 1.54) is 32.4 Å². The second-order valence-electron chi connectivity index (χ2n) is 8.07. The van der Waals surface area contributed by atoms with Gasteiger partial charge in [-0.25, -0.2) is 0 Å². The Kier molecular flexibility index (Phi) is 9.31. The van der Waals surface area contributed by atoms with Gasteiger partial charge in [0, 0.05) is 30.2 Å². The van der Waals surface area contributed by atoms with Crippen molar-refractivity contribution in [3.8, 4) is 34.5 Å². The first-order valence-electron chi connectivity index (χ1n) is 11.5. The molecule has 0 aliphatic rings. The van der Waals surface area contributed by atoms with E-state index in [-0.39, 0.29) is 52.1 Å². The van der Waals surface area contributed by atoms with Gasteiger partial charge in [0.25, 0.3) is 0 Å². The van der Waals surface area contributed by atoms with Crippen molar-refractivity contribution in [1.82, 2.24) is 0 Å². The predicted octanol–water partition coefficient (Wildman–Crippen LogP) is 5.17. The molecule has 0 saturated heterocycles. The van der Waals surface area contributed by atoms with Crippen molar-refractivity contribution in [2.45, 2.75) is 6.42 Å². The third-order valence-electron chi connectivity index (χ3n) is 5.58. The molecule has 0 aliphatic carbocycles. The van der Waals surface area contributed by atoms with Gasteiger partial charge in [0.2, 0.25) is 5.78 Å². The summed E-state index contributed by atoms with van der Waals surface area (Å²) < 4.78 is 15.2. The summed E-state index contributed by atoms with van der Waals surface area (Å²) in [6.07, 6.45) is 0.183. The molecule has 3 N–H and O–H groups in total. The van der Waals surface area contributed by atoms with Crippen molar-refractivity contribution in [3.05, 3.63) is 107 Å². The Bertz CT molecular complexity index is 1400. The second kappa shape index (κ2) is 12.8. The largest absolute Gasteiger partial charge is 0.508 e. The summed E-state index contributed by atoms with van der Waals surface area (Å²) in [6, 6.07) is 22.8. The summed E-state index contributed by atoms with van der Waals surface area (Å²) >= 11 is 0. The van der Waals surface area contributed by atoms with Crippen LogP contribution in [0.1, 0.15) is 31.8 Å². The molecule has 0 spiro atoms. The lowest BCUT2D eigenvalue weighted by molar-refractivity contribution is 0.0988. The van der Waals surface area contributed by atoms with Crippen LogP contribution in [-0.4, -0.2) is 48.2 Å². The first-order chi connectivity index (χ1) is 18.3. The van der Waals surface area contributed by atoms with Crippen molar-refractivity contribution >= 4 is 11.6 Å². The van der Waals surface area contributed by atoms with Crippen LogP contribution in [0.15, 0.2) is 84.9 Å². The highest BCUT2D eigenvalue weighted by Gasteiger charge is 2.20. The molecule has 4 aromatic carbocycles. The van der Waals surface area contributed by atoms with Crippen LogP contribution in [0.5, 0.6) is 34.5 Å². The zero-order chi connectivity index (χ0) is 27.7. The number of ketones is 2.